The topological polar surface area (TPSA) is 59.4 Å². The molecule has 5 nitrogen and oxygen atoms in total. The van der Waals surface area contributed by atoms with Gasteiger partial charge in [-0.1, -0.05) is 0 Å². The van der Waals surface area contributed by atoms with E-state index in [0.717, 1.165) is 0 Å². The third kappa shape index (κ3) is 4.59. The quantitative estimate of drug-likeness (QED) is 0.825. The molecular weight excluding hydrogens is 261 g/mol. The van der Waals surface area contributed by atoms with E-state index in [1.165, 1.54) is 4.90 Å². The van der Waals surface area contributed by atoms with Crippen LogP contribution in [0.15, 0.2) is 0 Å². The number of amides is 2. The summed E-state index contributed by atoms with van der Waals surface area (Å²) >= 11 is 0. The number of nitriles is 1. The summed E-state index contributed by atoms with van der Waals surface area (Å²) in [5.41, 5.74) is -0.630. The van der Waals surface area contributed by atoms with Crippen molar-refractivity contribution in [1.82, 2.24) is 15.1 Å². The Kier molecular flexibility index (Phi) is 4.63. The average Bonchev–Trinajstić information content (AvgIpc) is 2.35. The van der Waals surface area contributed by atoms with Crippen LogP contribution in [0.2, 0.25) is 0 Å². The monoisotopic (exact) mass is 278 g/mol. The molecular formula is C11H17F3N4O. The highest BCUT2D eigenvalue weighted by atomic mass is 19.4. The molecule has 1 fully saturated rings. The van der Waals surface area contributed by atoms with Crippen LogP contribution in [-0.2, 0) is 0 Å². The summed E-state index contributed by atoms with van der Waals surface area (Å²) in [4.78, 5) is 14.7. The maximum absolute atomic E-state index is 12.0. The minimum atomic E-state index is -4.40. The van der Waals surface area contributed by atoms with Gasteiger partial charge in [-0.25, -0.2) is 4.79 Å². The number of halogens is 3. The van der Waals surface area contributed by atoms with E-state index in [0.29, 0.717) is 26.2 Å². The lowest BCUT2D eigenvalue weighted by molar-refractivity contribution is -0.123. The van der Waals surface area contributed by atoms with E-state index in [4.69, 9.17) is 5.26 Å². The molecule has 1 rings (SSSR count). The number of urea groups is 1. The maximum Gasteiger partial charge on any atom is 0.405 e. The van der Waals surface area contributed by atoms with E-state index in [9.17, 15) is 18.0 Å². The van der Waals surface area contributed by atoms with Gasteiger partial charge in [0.25, 0.3) is 0 Å². The molecule has 108 valence electrons. The fourth-order valence-corrected chi connectivity index (χ4v) is 1.83. The van der Waals surface area contributed by atoms with Gasteiger partial charge in [0.2, 0.25) is 0 Å². The van der Waals surface area contributed by atoms with Gasteiger partial charge in [0, 0.05) is 26.2 Å². The molecule has 1 heterocycles. The van der Waals surface area contributed by atoms with Crippen LogP contribution in [0.1, 0.15) is 13.8 Å². The predicted octanol–water partition coefficient (Wildman–Crippen LogP) is 1.18. The van der Waals surface area contributed by atoms with Gasteiger partial charge in [-0.3, -0.25) is 4.90 Å². The second-order valence-corrected chi connectivity index (χ2v) is 4.92. The summed E-state index contributed by atoms with van der Waals surface area (Å²) in [5.74, 6) is 0. The number of nitrogens with one attached hydrogen (secondary N) is 1. The summed E-state index contributed by atoms with van der Waals surface area (Å²) < 4.78 is 35.9. The molecule has 19 heavy (non-hydrogen) atoms. The number of piperazine rings is 1. The fourth-order valence-electron chi connectivity index (χ4n) is 1.83. The third-order valence-electron chi connectivity index (χ3n) is 3.07. The van der Waals surface area contributed by atoms with Crippen LogP contribution in [-0.4, -0.2) is 60.3 Å². The third-order valence-corrected chi connectivity index (χ3v) is 3.07. The van der Waals surface area contributed by atoms with Gasteiger partial charge in [0.1, 0.15) is 12.1 Å². The largest absolute Gasteiger partial charge is 0.405 e. The number of nitrogens with zero attached hydrogens (tertiary/aromatic N) is 3. The number of carbonyl (C=O) groups is 1. The second kappa shape index (κ2) is 5.65. The molecule has 0 saturated carbocycles. The average molecular weight is 278 g/mol. The van der Waals surface area contributed by atoms with Crippen molar-refractivity contribution < 1.29 is 18.0 Å². The van der Waals surface area contributed by atoms with Crippen LogP contribution in [0, 0.1) is 11.3 Å². The Bertz CT molecular complexity index is 367. The van der Waals surface area contributed by atoms with Crippen molar-refractivity contribution in [1.29, 1.82) is 5.26 Å². The zero-order valence-electron chi connectivity index (χ0n) is 10.9. The van der Waals surface area contributed by atoms with Gasteiger partial charge in [-0.15, -0.1) is 0 Å². The molecule has 0 atom stereocenters. The first-order valence-corrected chi connectivity index (χ1v) is 5.91. The molecule has 8 heteroatoms. The van der Waals surface area contributed by atoms with E-state index in [-0.39, 0.29) is 0 Å². The molecule has 0 aromatic heterocycles. The van der Waals surface area contributed by atoms with Gasteiger partial charge >= 0.3 is 12.2 Å². The molecule has 0 unspecified atom stereocenters. The Morgan fingerprint density at radius 3 is 2.21 bits per heavy atom. The van der Waals surface area contributed by atoms with E-state index >= 15 is 0 Å². The van der Waals surface area contributed by atoms with Gasteiger partial charge in [-0.2, -0.15) is 18.4 Å². The van der Waals surface area contributed by atoms with Crippen LogP contribution in [0.5, 0.6) is 0 Å². The lowest BCUT2D eigenvalue weighted by atomic mass is 10.0. The molecule has 0 aromatic carbocycles. The molecule has 0 spiro atoms. The first-order valence-electron chi connectivity index (χ1n) is 5.91. The molecule has 0 bridgehead atoms. The van der Waals surface area contributed by atoms with E-state index in [1.54, 1.807) is 13.8 Å². The van der Waals surface area contributed by atoms with Crippen molar-refractivity contribution in [3.8, 4) is 6.07 Å². The van der Waals surface area contributed by atoms with E-state index < -0.39 is 24.3 Å². The highest BCUT2D eigenvalue weighted by Gasteiger charge is 2.32. The summed E-state index contributed by atoms with van der Waals surface area (Å²) in [6.45, 7) is 3.79. The van der Waals surface area contributed by atoms with Gasteiger partial charge in [-0.05, 0) is 13.8 Å². The molecule has 1 aliphatic rings. The van der Waals surface area contributed by atoms with Crippen LogP contribution in [0.25, 0.3) is 0 Å². The van der Waals surface area contributed by atoms with Crippen molar-refractivity contribution in [2.24, 2.45) is 0 Å². The normalized spacial score (nSPS) is 18.0. The van der Waals surface area contributed by atoms with Gasteiger partial charge in [0.05, 0.1) is 6.07 Å². The maximum atomic E-state index is 12.0. The van der Waals surface area contributed by atoms with Crippen LogP contribution < -0.4 is 5.32 Å². The number of hydrogen-bond donors (Lipinski definition) is 1. The highest BCUT2D eigenvalue weighted by Crippen LogP contribution is 2.16. The molecule has 1 aliphatic heterocycles. The van der Waals surface area contributed by atoms with Crippen molar-refractivity contribution in [3.63, 3.8) is 0 Å². The summed E-state index contributed by atoms with van der Waals surface area (Å²) in [6, 6.07) is 1.44. The smallest absolute Gasteiger partial charge is 0.329 e. The summed E-state index contributed by atoms with van der Waals surface area (Å²) in [5, 5.41) is 10.8. The van der Waals surface area contributed by atoms with Gasteiger partial charge < -0.3 is 10.2 Å². The Balaban J connectivity index is 2.42. The zero-order chi connectivity index (χ0) is 14.7. The fraction of sp³-hybridized carbons (Fsp3) is 0.818. The van der Waals surface area contributed by atoms with Crippen molar-refractivity contribution in [2.75, 3.05) is 32.7 Å². The van der Waals surface area contributed by atoms with Crippen molar-refractivity contribution >= 4 is 6.03 Å². The van der Waals surface area contributed by atoms with Crippen molar-refractivity contribution in [3.05, 3.63) is 0 Å². The molecule has 0 radical (unpaired) electrons. The second-order valence-electron chi connectivity index (χ2n) is 4.92. The van der Waals surface area contributed by atoms with Crippen LogP contribution in [0.3, 0.4) is 0 Å². The zero-order valence-corrected chi connectivity index (χ0v) is 10.9. The first-order chi connectivity index (χ1) is 8.65. The highest BCUT2D eigenvalue weighted by molar-refractivity contribution is 5.74. The Morgan fingerprint density at radius 2 is 1.79 bits per heavy atom. The Morgan fingerprint density at radius 1 is 1.26 bits per heavy atom. The molecule has 0 aromatic rings. The Hall–Kier alpha value is -1.49. The first kappa shape index (κ1) is 15.6. The minimum absolute atomic E-state index is 0.314. The van der Waals surface area contributed by atoms with E-state index in [2.05, 4.69) is 6.07 Å². The van der Waals surface area contributed by atoms with Crippen LogP contribution in [0.4, 0.5) is 18.0 Å². The lowest BCUT2D eigenvalue weighted by Gasteiger charge is -2.40. The number of rotatable bonds is 2. The summed E-state index contributed by atoms with van der Waals surface area (Å²) in [6.07, 6.45) is -4.40. The van der Waals surface area contributed by atoms with Gasteiger partial charge in [0.15, 0.2) is 0 Å². The summed E-state index contributed by atoms with van der Waals surface area (Å²) in [7, 11) is 0. The SMILES string of the molecule is CC(C)(C#N)N1CCN(C(=O)NCC(F)(F)F)CC1. The van der Waals surface area contributed by atoms with Crippen LogP contribution >= 0.6 is 0 Å². The van der Waals surface area contributed by atoms with Crippen molar-refractivity contribution in [2.45, 2.75) is 25.6 Å². The number of hydrogen-bond acceptors (Lipinski definition) is 3. The molecule has 0 aliphatic carbocycles. The number of carbonyl (C=O) groups excluding carboxylic acids is 1. The lowest BCUT2D eigenvalue weighted by Crippen LogP contribution is -2.57. The number of alkyl halides is 3. The van der Waals surface area contributed by atoms with E-state index in [1.807, 2.05) is 10.2 Å². The standard InChI is InChI=1S/C11H17F3N4O/c1-10(2,7-15)18-5-3-17(4-6-18)9(19)16-8-11(12,13)14/h3-6,8H2,1-2H3,(H,16,19). The molecule has 2 amide bonds. The Labute approximate surface area is 110 Å². The minimum Gasteiger partial charge on any atom is -0.329 e. The molecule has 1 N–H and O–H groups in total. The molecule has 1 saturated heterocycles. The predicted molar refractivity (Wildman–Crippen MR) is 62.3 cm³/mol.